The number of aliphatic hydroxyl groups excluding tert-OH is 1. The number of benzene rings is 2. The van der Waals surface area contributed by atoms with E-state index in [1.54, 1.807) is 0 Å². The second-order valence-electron chi connectivity index (χ2n) is 9.59. The van der Waals surface area contributed by atoms with Crippen molar-refractivity contribution in [1.82, 2.24) is 19.9 Å². The molecule has 3 heterocycles. The van der Waals surface area contributed by atoms with Crippen LogP contribution in [0, 0.1) is 6.92 Å². The molecule has 33 heavy (non-hydrogen) atoms. The van der Waals surface area contributed by atoms with Gasteiger partial charge in [0.2, 0.25) is 0 Å². The van der Waals surface area contributed by atoms with Crippen LogP contribution in [0.4, 0.5) is 0 Å². The Hall–Kier alpha value is -2.54. The Morgan fingerprint density at radius 3 is 2.82 bits per heavy atom. The van der Waals surface area contributed by atoms with E-state index in [2.05, 4.69) is 42.1 Å². The first-order valence-corrected chi connectivity index (χ1v) is 12.8. The number of rotatable bonds is 5. The van der Waals surface area contributed by atoms with Gasteiger partial charge in [0.25, 0.3) is 0 Å². The number of aryl methyl sites for hydroxylation is 3. The van der Waals surface area contributed by atoms with E-state index >= 15 is 0 Å². The zero-order chi connectivity index (χ0) is 22.5. The van der Waals surface area contributed by atoms with Gasteiger partial charge in [0.05, 0.1) is 33.8 Å². The van der Waals surface area contributed by atoms with Crippen LogP contribution in [-0.4, -0.2) is 31.7 Å². The van der Waals surface area contributed by atoms with Crippen molar-refractivity contribution < 1.29 is 5.11 Å². The van der Waals surface area contributed by atoms with E-state index in [0.29, 0.717) is 12.0 Å². The summed E-state index contributed by atoms with van der Waals surface area (Å²) in [4.78, 5) is 11.3. The number of imidazole rings is 1. The maximum Gasteiger partial charge on any atom is 0.118 e. The largest absolute Gasteiger partial charge is 0.387 e. The highest BCUT2D eigenvalue weighted by molar-refractivity contribution is 7.11. The molecule has 5 nitrogen and oxygen atoms in total. The van der Waals surface area contributed by atoms with E-state index in [0.717, 1.165) is 54.0 Å². The van der Waals surface area contributed by atoms with Gasteiger partial charge in [-0.2, -0.15) is 0 Å². The second kappa shape index (κ2) is 8.35. The van der Waals surface area contributed by atoms with Crippen LogP contribution in [0.2, 0.25) is 0 Å². The van der Waals surface area contributed by atoms with Crippen molar-refractivity contribution in [2.24, 2.45) is 7.05 Å². The number of nitrogens with zero attached hydrogens (tertiary/aromatic N) is 3. The molecule has 170 valence electrons. The van der Waals surface area contributed by atoms with Crippen molar-refractivity contribution >= 4 is 22.4 Å². The SMILES string of the molecule is Cc1nc2c(s1)CC[C@H]2c1nc2cc(C[C@@H]3CC[C@H]([C@H](O)c4ccccc4)N3)ccc2n1C. The monoisotopic (exact) mass is 458 g/mol. The topological polar surface area (TPSA) is 63.0 Å². The summed E-state index contributed by atoms with van der Waals surface area (Å²) >= 11 is 1.84. The van der Waals surface area contributed by atoms with Crippen LogP contribution in [0.1, 0.15) is 63.8 Å². The number of hydrogen-bond acceptors (Lipinski definition) is 5. The molecule has 2 aromatic heterocycles. The summed E-state index contributed by atoms with van der Waals surface area (Å²) in [6, 6.07) is 17.2. The number of thiazole rings is 1. The molecule has 4 atom stereocenters. The van der Waals surface area contributed by atoms with E-state index < -0.39 is 6.10 Å². The van der Waals surface area contributed by atoms with Gasteiger partial charge >= 0.3 is 0 Å². The molecule has 2 aliphatic rings. The minimum Gasteiger partial charge on any atom is -0.387 e. The Labute approximate surface area is 198 Å². The van der Waals surface area contributed by atoms with Gasteiger partial charge < -0.3 is 15.0 Å². The van der Waals surface area contributed by atoms with Gasteiger partial charge in [0.1, 0.15) is 5.82 Å². The fourth-order valence-electron chi connectivity index (χ4n) is 5.73. The molecule has 1 aliphatic carbocycles. The molecular weight excluding hydrogens is 428 g/mol. The number of hydrogen-bond donors (Lipinski definition) is 2. The van der Waals surface area contributed by atoms with Crippen LogP contribution >= 0.6 is 11.3 Å². The lowest BCUT2D eigenvalue weighted by molar-refractivity contribution is 0.135. The molecule has 2 N–H and O–H groups in total. The average molecular weight is 459 g/mol. The molecular formula is C27H30N4OS. The normalized spacial score (nSPS) is 23.3. The van der Waals surface area contributed by atoms with Crippen molar-refractivity contribution in [2.75, 3.05) is 0 Å². The van der Waals surface area contributed by atoms with E-state index in [9.17, 15) is 5.11 Å². The fourth-order valence-corrected chi connectivity index (χ4v) is 6.74. The summed E-state index contributed by atoms with van der Waals surface area (Å²) in [5, 5.41) is 15.6. The molecule has 6 rings (SSSR count). The highest BCUT2D eigenvalue weighted by atomic mass is 32.1. The second-order valence-corrected chi connectivity index (χ2v) is 10.9. The van der Waals surface area contributed by atoms with Gasteiger partial charge in [-0.15, -0.1) is 11.3 Å². The molecule has 0 radical (unpaired) electrons. The third-order valence-corrected chi connectivity index (χ3v) is 8.44. The lowest BCUT2D eigenvalue weighted by atomic mass is 10.0. The first kappa shape index (κ1) is 21.0. The van der Waals surface area contributed by atoms with Crippen molar-refractivity contribution in [3.63, 3.8) is 0 Å². The van der Waals surface area contributed by atoms with Gasteiger partial charge in [-0.05, 0) is 62.3 Å². The number of fused-ring (bicyclic) bond motifs is 2. The Balaban J connectivity index is 1.19. The van der Waals surface area contributed by atoms with Crippen LogP contribution in [0.5, 0.6) is 0 Å². The molecule has 0 amide bonds. The zero-order valence-corrected chi connectivity index (χ0v) is 20.0. The molecule has 1 aliphatic heterocycles. The maximum absolute atomic E-state index is 10.8. The minimum absolute atomic E-state index is 0.112. The number of aromatic nitrogens is 3. The van der Waals surface area contributed by atoms with Crippen LogP contribution in [0.3, 0.4) is 0 Å². The standard InChI is InChI=1S/C27H30N4OS/c1-16-28-25-20(10-13-24(25)33-16)27-30-22-15-17(8-12-23(22)31(27)2)14-19-9-11-21(29-19)26(32)18-6-4-3-5-7-18/h3-8,12,15,19-21,26,29,32H,9-11,13-14H2,1-2H3/t19-,20+,21+,26+/m0/s1. The molecule has 0 bridgehead atoms. The molecule has 1 saturated heterocycles. The Morgan fingerprint density at radius 1 is 1.12 bits per heavy atom. The molecule has 0 saturated carbocycles. The quantitative estimate of drug-likeness (QED) is 0.450. The molecule has 2 aromatic carbocycles. The Bertz CT molecular complexity index is 1290. The van der Waals surface area contributed by atoms with Gasteiger partial charge in [-0.25, -0.2) is 9.97 Å². The summed E-state index contributed by atoms with van der Waals surface area (Å²) in [6.07, 6.45) is 4.79. The van der Waals surface area contributed by atoms with E-state index in [4.69, 9.17) is 9.97 Å². The van der Waals surface area contributed by atoms with Crippen LogP contribution in [0.15, 0.2) is 48.5 Å². The molecule has 4 aromatic rings. The minimum atomic E-state index is -0.456. The van der Waals surface area contributed by atoms with Crippen molar-refractivity contribution in [1.29, 1.82) is 0 Å². The van der Waals surface area contributed by atoms with Gasteiger partial charge in [-0.1, -0.05) is 36.4 Å². The van der Waals surface area contributed by atoms with Crippen molar-refractivity contribution in [3.8, 4) is 0 Å². The number of aliphatic hydroxyl groups is 1. The van der Waals surface area contributed by atoms with Crippen LogP contribution in [-0.2, 0) is 19.9 Å². The van der Waals surface area contributed by atoms with E-state index in [-0.39, 0.29) is 6.04 Å². The predicted molar refractivity (Wildman–Crippen MR) is 133 cm³/mol. The van der Waals surface area contributed by atoms with Gasteiger partial charge in [-0.3, -0.25) is 0 Å². The summed E-state index contributed by atoms with van der Waals surface area (Å²) in [6.45, 7) is 2.10. The summed E-state index contributed by atoms with van der Waals surface area (Å²) < 4.78 is 2.26. The first-order chi connectivity index (χ1) is 16.1. The Morgan fingerprint density at radius 2 is 1.97 bits per heavy atom. The summed E-state index contributed by atoms with van der Waals surface area (Å²) in [5.41, 5.74) is 5.80. The highest BCUT2D eigenvalue weighted by Crippen LogP contribution is 2.40. The lowest BCUT2D eigenvalue weighted by Gasteiger charge is -2.20. The highest BCUT2D eigenvalue weighted by Gasteiger charge is 2.32. The molecule has 1 fully saturated rings. The zero-order valence-electron chi connectivity index (χ0n) is 19.2. The van der Waals surface area contributed by atoms with Crippen molar-refractivity contribution in [3.05, 3.63) is 81.1 Å². The molecule has 0 spiro atoms. The predicted octanol–water partition coefficient (Wildman–Crippen LogP) is 4.81. The third-order valence-electron chi connectivity index (χ3n) is 7.40. The fraction of sp³-hybridized carbons (Fsp3) is 0.407. The molecule has 6 heteroatoms. The lowest BCUT2D eigenvalue weighted by Crippen LogP contribution is -2.35. The smallest absolute Gasteiger partial charge is 0.118 e. The summed E-state index contributed by atoms with van der Waals surface area (Å²) in [5.74, 6) is 1.44. The van der Waals surface area contributed by atoms with Crippen molar-refractivity contribution in [2.45, 2.75) is 63.1 Å². The van der Waals surface area contributed by atoms with Gasteiger partial charge in [0.15, 0.2) is 0 Å². The van der Waals surface area contributed by atoms with E-state index in [1.807, 2.05) is 41.7 Å². The van der Waals surface area contributed by atoms with E-state index in [1.165, 1.54) is 21.7 Å². The van der Waals surface area contributed by atoms with Crippen LogP contribution in [0.25, 0.3) is 11.0 Å². The number of nitrogens with one attached hydrogen (secondary N) is 1. The average Bonchev–Trinajstić information content (AvgIpc) is 3.58. The molecule has 0 unspecified atom stereocenters. The third kappa shape index (κ3) is 3.80. The first-order valence-electron chi connectivity index (χ1n) is 12.0. The van der Waals surface area contributed by atoms with Crippen LogP contribution < -0.4 is 5.32 Å². The summed E-state index contributed by atoms with van der Waals surface area (Å²) in [7, 11) is 2.13. The maximum atomic E-state index is 10.8. The van der Waals surface area contributed by atoms with Gasteiger partial charge in [0, 0.05) is 24.0 Å². The Kier molecular flexibility index (Phi) is 5.32.